The lowest BCUT2D eigenvalue weighted by Crippen LogP contribution is -2.51. The molecular weight excluding hydrogens is 174 g/mol. The van der Waals surface area contributed by atoms with Crippen molar-refractivity contribution in [2.24, 2.45) is 18.9 Å². The first-order chi connectivity index (χ1) is 6.84. The van der Waals surface area contributed by atoms with Gasteiger partial charge in [-0.15, -0.1) is 0 Å². The minimum atomic E-state index is 0.543. The Morgan fingerprint density at radius 2 is 2.36 bits per heavy atom. The topological polar surface area (TPSA) is 29.9 Å². The second-order valence-electron chi connectivity index (χ2n) is 4.66. The summed E-state index contributed by atoms with van der Waals surface area (Å²) >= 11 is 0. The third kappa shape index (κ3) is 1.19. The number of nitrogens with one attached hydrogen (secondary N) is 1. The molecule has 3 heteroatoms. The van der Waals surface area contributed by atoms with Gasteiger partial charge < -0.3 is 5.32 Å². The van der Waals surface area contributed by atoms with Gasteiger partial charge in [0.05, 0.1) is 11.7 Å². The van der Waals surface area contributed by atoms with Gasteiger partial charge in [-0.25, -0.2) is 0 Å². The van der Waals surface area contributed by atoms with Crippen molar-refractivity contribution in [1.82, 2.24) is 15.1 Å². The highest BCUT2D eigenvalue weighted by molar-refractivity contribution is 5.12. The molecule has 0 spiro atoms. The largest absolute Gasteiger partial charge is 0.308 e. The van der Waals surface area contributed by atoms with Crippen molar-refractivity contribution in [1.29, 1.82) is 0 Å². The van der Waals surface area contributed by atoms with Gasteiger partial charge in [0, 0.05) is 19.8 Å². The summed E-state index contributed by atoms with van der Waals surface area (Å²) in [5, 5.41) is 7.98. The predicted molar refractivity (Wildman–Crippen MR) is 54.8 cm³/mol. The van der Waals surface area contributed by atoms with Gasteiger partial charge in [0.2, 0.25) is 0 Å². The Kier molecular flexibility index (Phi) is 1.87. The Balaban J connectivity index is 1.73. The molecule has 2 fully saturated rings. The summed E-state index contributed by atoms with van der Waals surface area (Å²) in [6.07, 6.45) is 6.36. The molecule has 2 unspecified atom stereocenters. The molecule has 1 aliphatic heterocycles. The van der Waals surface area contributed by atoms with Crippen molar-refractivity contribution in [2.75, 3.05) is 6.54 Å². The predicted octanol–water partition coefficient (Wildman–Crippen LogP) is 1.48. The van der Waals surface area contributed by atoms with Crippen LogP contribution in [0.15, 0.2) is 12.3 Å². The molecule has 1 N–H and O–H groups in total. The Morgan fingerprint density at radius 3 is 2.79 bits per heavy atom. The van der Waals surface area contributed by atoms with Crippen LogP contribution in [0.5, 0.6) is 0 Å². The summed E-state index contributed by atoms with van der Waals surface area (Å²) in [6, 6.07) is 2.68. The van der Waals surface area contributed by atoms with Gasteiger partial charge in [-0.3, -0.25) is 4.68 Å². The second-order valence-corrected chi connectivity index (χ2v) is 4.66. The normalized spacial score (nSPS) is 32.4. The number of aryl methyl sites for hydroxylation is 1. The summed E-state index contributed by atoms with van der Waals surface area (Å²) in [6.45, 7) is 1.20. The SMILES string of the molecule is Cn1ccc(C2NCC2C2CCC2)n1. The van der Waals surface area contributed by atoms with Crippen LogP contribution in [0.4, 0.5) is 0 Å². The molecule has 3 rings (SSSR count). The third-order valence-electron chi connectivity index (χ3n) is 3.81. The average Bonchev–Trinajstić information content (AvgIpc) is 2.41. The average molecular weight is 191 g/mol. The summed E-state index contributed by atoms with van der Waals surface area (Å²) < 4.78 is 1.90. The molecule has 1 aromatic rings. The molecule has 1 aliphatic carbocycles. The van der Waals surface area contributed by atoms with Gasteiger partial charge >= 0.3 is 0 Å². The second kappa shape index (κ2) is 3.09. The number of aromatic nitrogens is 2. The Morgan fingerprint density at radius 1 is 1.50 bits per heavy atom. The molecule has 1 aromatic heterocycles. The molecule has 1 saturated heterocycles. The van der Waals surface area contributed by atoms with Gasteiger partial charge in [-0.05, 0) is 17.9 Å². The van der Waals surface area contributed by atoms with Crippen LogP contribution in [-0.4, -0.2) is 16.3 Å². The van der Waals surface area contributed by atoms with Crippen LogP contribution in [0.1, 0.15) is 31.0 Å². The zero-order chi connectivity index (χ0) is 9.54. The zero-order valence-corrected chi connectivity index (χ0v) is 8.61. The Hall–Kier alpha value is -0.830. The molecule has 0 amide bonds. The van der Waals surface area contributed by atoms with Crippen molar-refractivity contribution >= 4 is 0 Å². The van der Waals surface area contributed by atoms with Crippen LogP contribution in [0, 0.1) is 11.8 Å². The van der Waals surface area contributed by atoms with Gasteiger partial charge in [0.1, 0.15) is 0 Å². The van der Waals surface area contributed by atoms with E-state index in [-0.39, 0.29) is 0 Å². The van der Waals surface area contributed by atoms with E-state index in [9.17, 15) is 0 Å². The van der Waals surface area contributed by atoms with Crippen LogP contribution in [-0.2, 0) is 7.05 Å². The van der Waals surface area contributed by atoms with Crippen molar-refractivity contribution in [3.63, 3.8) is 0 Å². The fourth-order valence-electron chi connectivity index (χ4n) is 2.60. The van der Waals surface area contributed by atoms with Gasteiger partial charge in [0.15, 0.2) is 0 Å². The number of hydrogen-bond donors (Lipinski definition) is 1. The smallest absolute Gasteiger partial charge is 0.0797 e. The lowest BCUT2D eigenvalue weighted by atomic mass is 9.69. The lowest BCUT2D eigenvalue weighted by Gasteiger charge is -2.45. The van der Waals surface area contributed by atoms with E-state index < -0.39 is 0 Å². The van der Waals surface area contributed by atoms with Crippen molar-refractivity contribution in [3.8, 4) is 0 Å². The van der Waals surface area contributed by atoms with Crippen LogP contribution < -0.4 is 5.32 Å². The first-order valence-corrected chi connectivity index (χ1v) is 5.57. The summed E-state index contributed by atoms with van der Waals surface area (Å²) in [7, 11) is 1.99. The van der Waals surface area contributed by atoms with Crippen LogP contribution in [0.25, 0.3) is 0 Å². The molecule has 2 atom stereocenters. The van der Waals surface area contributed by atoms with Gasteiger partial charge in [-0.2, -0.15) is 5.10 Å². The first-order valence-electron chi connectivity index (χ1n) is 5.57. The van der Waals surface area contributed by atoms with Crippen molar-refractivity contribution in [2.45, 2.75) is 25.3 Å². The maximum Gasteiger partial charge on any atom is 0.0797 e. The lowest BCUT2D eigenvalue weighted by molar-refractivity contribution is 0.0916. The van der Waals surface area contributed by atoms with E-state index in [1.54, 1.807) is 0 Å². The molecule has 2 heterocycles. The molecule has 0 aromatic carbocycles. The van der Waals surface area contributed by atoms with Crippen molar-refractivity contribution < 1.29 is 0 Å². The number of rotatable bonds is 2. The van der Waals surface area contributed by atoms with Crippen LogP contribution in [0.2, 0.25) is 0 Å². The standard InChI is InChI=1S/C11H17N3/c1-14-6-5-10(13-14)11-9(7-12-11)8-3-2-4-8/h5-6,8-9,11-12H,2-4,7H2,1H3. The van der Waals surface area contributed by atoms with E-state index in [4.69, 9.17) is 0 Å². The molecule has 3 nitrogen and oxygen atoms in total. The first kappa shape index (κ1) is 8.48. The van der Waals surface area contributed by atoms with Crippen molar-refractivity contribution in [3.05, 3.63) is 18.0 Å². The van der Waals surface area contributed by atoms with E-state index in [0.29, 0.717) is 6.04 Å². The maximum atomic E-state index is 4.48. The van der Waals surface area contributed by atoms with E-state index in [1.807, 2.05) is 17.9 Å². The Labute approximate surface area is 84.5 Å². The van der Waals surface area contributed by atoms with Crippen LogP contribution >= 0.6 is 0 Å². The van der Waals surface area contributed by atoms with Gasteiger partial charge in [-0.1, -0.05) is 19.3 Å². The van der Waals surface area contributed by atoms with Gasteiger partial charge in [0.25, 0.3) is 0 Å². The monoisotopic (exact) mass is 191 g/mol. The fraction of sp³-hybridized carbons (Fsp3) is 0.727. The van der Waals surface area contributed by atoms with E-state index in [0.717, 1.165) is 11.8 Å². The van der Waals surface area contributed by atoms with E-state index in [1.165, 1.54) is 31.5 Å². The highest BCUT2D eigenvalue weighted by atomic mass is 15.3. The molecule has 14 heavy (non-hydrogen) atoms. The zero-order valence-electron chi connectivity index (χ0n) is 8.61. The molecule has 1 saturated carbocycles. The quantitative estimate of drug-likeness (QED) is 0.767. The molecular formula is C11H17N3. The molecule has 2 aliphatic rings. The molecule has 0 bridgehead atoms. The minimum Gasteiger partial charge on any atom is -0.308 e. The highest BCUT2D eigenvalue weighted by Crippen LogP contribution is 2.43. The number of nitrogens with zero attached hydrogens (tertiary/aromatic N) is 2. The number of hydrogen-bond acceptors (Lipinski definition) is 2. The summed E-state index contributed by atoms with van der Waals surface area (Å²) in [5.41, 5.74) is 1.23. The van der Waals surface area contributed by atoms with Crippen LogP contribution in [0.3, 0.4) is 0 Å². The molecule has 0 radical (unpaired) electrons. The third-order valence-corrected chi connectivity index (χ3v) is 3.81. The van der Waals surface area contributed by atoms with E-state index >= 15 is 0 Å². The summed E-state index contributed by atoms with van der Waals surface area (Å²) in [5.74, 6) is 1.84. The molecule has 76 valence electrons. The maximum absolute atomic E-state index is 4.48. The van der Waals surface area contributed by atoms with E-state index in [2.05, 4.69) is 16.5 Å². The highest BCUT2D eigenvalue weighted by Gasteiger charge is 2.40. The summed E-state index contributed by atoms with van der Waals surface area (Å²) in [4.78, 5) is 0. The fourth-order valence-corrected chi connectivity index (χ4v) is 2.60. The Bertz CT molecular complexity index is 327. The minimum absolute atomic E-state index is 0.543.